The van der Waals surface area contributed by atoms with Gasteiger partial charge in [-0.3, -0.25) is 0 Å². The fourth-order valence-corrected chi connectivity index (χ4v) is 3.46. The number of benzene rings is 1. The van der Waals surface area contributed by atoms with Crippen molar-refractivity contribution in [2.24, 2.45) is 0 Å². The molecule has 0 spiro atoms. The zero-order valence-electron chi connectivity index (χ0n) is 15.3. The molecule has 0 aliphatic heterocycles. The van der Waals surface area contributed by atoms with Crippen LogP contribution in [0.3, 0.4) is 0 Å². The van der Waals surface area contributed by atoms with Crippen LogP contribution in [0.5, 0.6) is 11.8 Å². The van der Waals surface area contributed by atoms with E-state index in [1.807, 2.05) is 6.92 Å². The lowest BCUT2D eigenvalue weighted by molar-refractivity contribution is 0.206. The molecule has 1 aromatic carbocycles. The Hall–Kier alpha value is -2.19. The van der Waals surface area contributed by atoms with Crippen LogP contribution in [0.25, 0.3) is 0 Å². The number of hydrogen-bond acceptors (Lipinski definition) is 6. The van der Waals surface area contributed by atoms with Gasteiger partial charge in [-0.2, -0.15) is 0 Å². The molecule has 2 aromatic rings. The summed E-state index contributed by atoms with van der Waals surface area (Å²) in [5.41, 5.74) is 0.697. The van der Waals surface area contributed by atoms with Gasteiger partial charge in [-0.1, -0.05) is 19.1 Å². The zero-order chi connectivity index (χ0) is 19.0. The highest BCUT2D eigenvalue weighted by molar-refractivity contribution is 7.90. The van der Waals surface area contributed by atoms with Crippen LogP contribution in [0.15, 0.2) is 42.7 Å². The monoisotopic (exact) mass is 379 g/mol. The Balaban J connectivity index is 1.91. The number of nitrogens with zero attached hydrogens (tertiary/aromatic N) is 2. The van der Waals surface area contributed by atoms with E-state index in [2.05, 4.69) is 14.7 Å². The van der Waals surface area contributed by atoms with Gasteiger partial charge >= 0.3 is 6.01 Å². The summed E-state index contributed by atoms with van der Waals surface area (Å²) in [6, 6.07) is 9.06. The molecule has 0 amide bonds. The second-order valence-corrected chi connectivity index (χ2v) is 8.48. The van der Waals surface area contributed by atoms with E-state index in [1.54, 1.807) is 56.6 Å². The molecule has 0 aliphatic carbocycles. The van der Waals surface area contributed by atoms with E-state index in [0.29, 0.717) is 37.1 Å². The minimum absolute atomic E-state index is 0.304. The molecule has 0 aliphatic rings. The summed E-state index contributed by atoms with van der Waals surface area (Å²) >= 11 is 0. The van der Waals surface area contributed by atoms with Crippen molar-refractivity contribution in [1.29, 1.82) is 0 Å². The average molecular weight is 379 g/mol. The Morgan fingerprint density at radius 3 is 2.27 bits per heavy atom. The SMILES string of the molecule is CCCNS(=O)(=O)C(C)(C)c1ccc(OCCOc2ncccn2)cc1. The Morgan fingerprint density at radius 2 is 1.65 bits per heavy atom. The third-order valence-electron chi connectivity index (χ3n) is 3.89. The van der Waals surface area contributed by atoms with Crippen molar-refractivity contribution in [3.8, 4) is 11.8 Å². The molecule has 0 saturated heterocycles. The standard InChI is InChI=1S/C18H25N3O4S/c1-4-10-21-26(22,23)18(2,3)15-6-8-16(9-7-15)24-13-14-25-17-19-11-5-12-20-17/h5-9,11-12,21H,4,10,13-14H2,1-3H3. The van der Waals surface area contributed by atoms with Crippen molar-refractivity contribution in [1.82, 2.24) is 14.7 Å². The van der Waals surface area contributed by atoms with Crippen LogP contribution in [0.4, 0.5) is 0 Å². The molecule has 0 bridgehead atoms. The summed E-state index contributed by atoms with van der Waals surface area (Å²) in [7, 11) is -3.46. The Bertz CT molecular complexity index is 778. The molecule has 0 atom stereocenters. The van der Waals surface area contributed by atoms with Gasteiger partial charge in [0.15, 0.2) is 0 Å². The summed E-state index contributed by atoms with van der Waals surface area (Å²) < 4.78 is 37.5. The molecular formula is C18H25N3O4S. The molecule has 142 valence electrons. The van der Waals surface area contributed by atoms with Crippen molar-refractivity contribution in [2.45, 2.75) is 31.9 Å². The van der Waals surface area contributed by atoms with Crippen molar-refractivity contribution in [3.05, 3.63) is 48.3 Å². The molecule has 0 saturated carbocycles. The van der Waals surface area contributed by atoms with Gasteiger partial charge in [0.1, 0.15) is 23.7 Å². The van der Waals surface area contributed by atoms with Gasteiger partial charge in [-0.15, -0.1) is 0 Å². The number of rotatable bonds is 10. The third-order valence-corrected chi connectivity index (χ3v) is 6.05. The van der Waals surface area contributed by atoms with Crippen molar-refractivity contribution >= 4 is 10.0 Å². The van der Waals surface area contributed by atoms with Gasteiger partial charge < -0.3 is 9.47 Å². The lowest BCUT2D eigenvalue weighted by atomic mass is 10.0. The number of nitrogens with one attached hydrogen (secondary N) is 1. The van der Waals surface area contributed by atoms with E-state index >= 15 is 0 Å². The highest BCUT2D eigenvalue weighted by atomic mass is 32.2. The van der Waals surface area contributed by atoms with Crippen LogP contribution in [-0.2, 0) is 14.8 Å². The predicted molar refractivity (Wildman–Crippen MR) is 99.7 cm³/mol. The topological polar surface area (TPSA) is 90.4 Å². The van der Waals surface area contributed by atoms with E-state index in [4.69, 9.17) is 9.47 Å². The van der Waals surface area contributed by atoms with Gasteiger partial charge in [-0.25, -0.2) is 23.1 Å². The molecule has 0 fully saturated rings. The van der Waals surface area contributed by atoms with Crippen LogP contribution in [0, 0.1) is 0 Å². The summed E-state index contributed by atoms with van der Waals surface area (Å²) in [5, 5.41) is 0. The van der Waals surface area contributed by atoms with Gasteiger partial charge in [0, 0.05) is 18.9 Å². The molecule has 2 rings (SSSR count). The fourth-order valence-electron chi connectivity index (χ4n) is 2.18. The molecule has 26 heavy (non-hydrogen) atoms. The zero-order valence-corrected chi connectivity index (χ0v) is 16.1. The summed E-state index contributed by atoms with van der Waals surface area (Å²) in [6.45, 7) is 6.38. The first kappa shape index (κ1) is 20.1. The van der Waals surface area contributed by atoms with E-state index in [9.17, 15) is 8.42 Å². The van der Waals surface area contributed by atoms with Crippen LogP contribution in [-0.4, -0.2) is 38.1 Å². The van der Waals surface area contributed by atoms with Crippen LogP contribution >= 0.6 is 0 Å². The van der Waals surface area contributed by atoms with Crippen molar-refractivity contribution in [2.75, 3.05) is 19.8 Å². The van der Waals surface area contributed by atoms with Crippen molar-refractivity contribution in [3.63, 3.8) is 0 Å². The third kappa shape index (κ3) is 5.15. The molecule has 0 unspecified atom stereocenters. The Kier molecular flexibility index (Phi) is 6.93. The first-order valence-electron chi connectivity index (χ1n) is 8.49. The van der Waals surface area contributed by atoms with E-state index in [1.165, 1.54) is 0 Å². The molecular weight excluding hydrogens is 354 g/mol. The second kappa shape index (κ2) is 8.95. The number of aromatic nitrogens is 2. The van der Waals surface area contributed by atoms with Gasteiger partial charge in [0.2, 0.25) is 10.0 Å². The fraction of sp³-hybridized carbons (Fsp3) is 0.444. The highest BCUT2D eigenvalue weighted by Crippen LogP contribution is 2.30. The lowest BCUT2D eigenvalue weighted by Gasteiger charge is -2.25. The number of sulfonamides is 1. The Labute approximate surface area is 154 Å². The number of ether oxygens (including phenoxy) is 2. The van der Waals surface area contributed by atoms with Crippen molar-refractivity contribution < 1.29 is 17.9 Å². The minimum Gasteiger partial charge on any atom is -0.490 e. The molecule has 7 nitrogen and oxygen atoms in total. The Morgan fingerprint density at radius 1 is 1.04 bits per heavy atom. The summed E-state index contributed by atoms with van der Waals surface area (Å²) in [5.74, 6) is 0.640. The summed E-state index contributed by atoms with van der Waals surface area (Å²) in [6.07, 6.45) is 3.96. The number of hydrogen-bond donors (Lipinski definition) is 1. The first-order chi connectivity index (χ1) is 12.4. The largest absolute Gasteiger partial charge is 0.490 e. The minimum atomic E-state index is -3.46. The summed E-state index contributed by atoms with van der Waals surface area (Å²) in [4.78, 5) is 7.91. The predicted octanol–water partition coefficient (Wildman–Crippen LogP) is 2.50. The van der Waals surface area contributed by atoms with Gasteiger partial charge in [0.05, 0.1) is 0 Å². The maximum absolute atomic E-state index is 12.5. The second-order valence-electron chi connectivity index (χ2n) is 6.16. The van der Waals surface area contributed by atoms with Crippen LogP contribution < -0.4 is 14.2 Å². The first-order valence-corrected chi connectivity index (χ1v) is 9.97. The van der Waals surface area contributed by atoms with Crippen LogP contribution in [0.1, 0.15) is 32.8 Å². The average Bonchev–Trinajstić information content (AvgIpc) is 2.65. The molecule has 8 heteroatoms. The van der Waals surface area contributed by atoms with E-state index in [-0.39, 0.29) is 0 Å². The van der Waals surface area contributed by atoms with E-state index < -0.39 is 14.8 Å². The smallest absolute Gasteiger partial charge is 0.316 e. The van der Waals surface area contributed by atoms with E-state index in [0.717, 1.165) is 6.42 Å². The highest BCUT2D eigenvalue weighted by Gasteiger charge is 2.35. The molecule has 0 radical (unpaired) electrons. The maximum atomic E-state index is 12.5. The van der Waals surface area contributed by atoms with Gasteiger partial charge in [0.25, 0.3) is 0 Å². The van der Waals surface area contributed by atoms with Crippen LogP contribution in [0.2, 0.25) is 0 Å². The molecule has 1 heterocycles. The normalized spacial score (nSPS) is 12.0. The van der Waals surface area contributed by atoms with Gasteiger partial charge in [-0.05, 0) is 44.0 Å². The molecule has 1 N–H and O–H groups in total. The quantitative estimate of drug-likeness (QED) is 0.638. The maximum Gasteiger partial charge on any atom is 0.316 e. The molecule has 1 aromatic heterocycles. The lowest BCUT2D eigenvalue weighted by Crippen LogP contribution is -2.39.